The number of benzene rings is 11. The molecule has 1 heterocycles. The van der Waals surface area contributed by atoms with Crippen molar-refractivity contribution in [2.45, 2.75) is 131 Å². The number of hydrogen-bond donors (Lipinski definition) is 0. The normalized spacial score (nSPS) is 12.9. The first-order valence-electron chi connectivity index (χ1n) is 29.0. The van der Waals surface area contributed by atoms with Crippen molar-refractivity contribution in [3.8, 4) is 39.1 Å². The molecule has 1 aromatic heterocycles. The Morgan fingerprint density at radius 2 is 0.750 bits per heavy atom. The summed E-state index contributed by atoms with van der Waals surface area (Å²) < 4.78 is 2.48. The van der Waals surface area contributed by atoms with E-state index < -0.39 is 0 Å². The van der Waals surface area contributed by atoms with Gasteiger partial charge in [-0.3, -0.25) is 0 Å². The highest BCUT2D eigenvalue weighted by molar-refractivity contribution is 6.27. The van der Waals surface area contributed by atoms with Crippen LogP contribution in [-0.4, -0.2) is 4.57 Å². The molecular weight excluding hydrogens is 965 g/mol. The number of anilines is 3. The predicted octanol–water partition coefficient (Wildman–Crippen LogP) is 22.6. The number of para-hydroxylation sites is 2. The molecule has 0 N–H and O–H groups in total. The molecule has 12 aromatic rings. The quantitative estimate of drug-likeness (QED) is 0.144. The molecule has 80 heavy (non-hydrogen) atoms. The topological polar surface area (TPSA) is 8.17 Å². The monoisotopic (exact) mass is 1040 g/mol. The van der Waals surface area contributed by atoms with E-state index in [9.17, 15) is 0 Å². The molecule has 0 unspecified atom stereocenters. The molecule has 2 heteroatoms. The molecule has 0 amide bonds. The van der Waals surface area contributed by atoms with Crippen molar-refractivity contribution >= 4 is 71.2 Å². The Balaban J connectivity index is 1.12. The fourth-order valence-corrected chi connectivity index (χ4v) is 12.2. The minimum absolute atomic E-state index is 0.00336. The van der Waals surface area contributed by atoms with Gasteiger partial charge in [0.25, 0.3) is 0 Å². The Morgan fingerprint density at radius 1 is 0.287 bits per heavy atom. The zero-order valence-electron chi connectivity index (χ0n) is 49.9. The van der Waals surface area contributed by atoms with Gasteiger partial charge in [-0.1, -0.05) is 249 Å². The summed E-state index contributed by atoms with van der Waals surface area (Å²) in [4.78, 5) is 2.57. The van der Waals surface area contributed by atoms with Crippen LogP contribution in [0.4, 0.5) is 17.1 Å². The molecule has 0 atom stereocenters. The van der Waals surface area contributed by atoms with Crippen molar-refractivity contribution in [1.29, 1.82) is 0 Å². The molecule has 400 valence electrons. The lowest BCUT2D eigenvalue weighted by Crippen LogP contribution is -2.16. The highest BCUT2D eigenvalue weighted by Crippen LogP contribution is 2.50. The van der Waals surface area contributed by atoms with E-state index in [-0.39, 0.29) is 27.1 Å². The Kier molecular flexibility index (Phi) is 12.4. The fourth-order valence-electron chi connectivity index (χ4n) is 12.2. The van der Waals surface area contributed by atoms with Gasteiger partial charge in [0.2, 0.25) is 0 Å². The minimum Gasteiger partial charge on any atom is -0.309 e. The standard InChI is InChI=1S/C78H78N2/c1-74(2,3)56-33-27-49(28-34-56)66-48-57(75(4,5)6)35-40-71(66)79(61-22-20-21-52(46-61)53-41-54(43-58(42-53)76(7,8)9)55-44-59(77(10,11)12)47-60(45-55)78(13,14)15)69-38-31-50-30-37-65-70(39-32-51-29-36-64(69)72(50)73(51)65)80-67-25-18-16-23-62(67)63-24-17-19-26-68(63)80/h16-48H,1-15H3. The van der Waals surface area contributed by atoms with E-state index in [1.54, 1.807) is 0 Å². The first-order chi connectivity index (χ1) is 37.8. The molecule has 12 rings (SSSR count). The predicted molar refractivity (Wildman–Crippen MR) is 349 cm³/mol. The lowest BCUT2D eigenvalue weighted by molar-refractivity contribution is 0.569. The van der Waals surface area contributed by atoms with Crippen molar-refractivity contribution in [3.05, 3.63) is 228 Å². The van der Waals surface area contributed by atoms with Gasteiger partial charge in [-0.05, 0) is 159 Å². The molecule has 0 aliphatic carbocycles. The second-order valence-corrected chi connectivity index (χ2v) is 28.0. The summed E-state index contributed by atoms with van der Waals surface area (Å²) in [5.41, 5.74) is 20.8. The minimum atomic E-state index is -0.0850. The molecule has 0 fully saturated rings. The van der Waals surface area contributed by atoms with Crippen molar-refractivity contribution in [2.24, 2.45) is 0 Å². The molecule has 0 saturated heterocycles. The first kappa shape index (κ1) is 52.7. The highest BCUT2D eigenvalue weighted by Gasteiger charge is 2.27. The SMILES string of the molecule is CC(C)(C)c1ccc(-c2cc(C(C)(C)C)ccc2N(c2cccc(-c3cc(-c4cc(C(C)(C)C)cc(C(C)(C)C)c4)cc(C(C)(C)C)c3)c2)c2ccc3ccc4c(-n5c6ccccc6c6ccccc65)ccc5ccc2c3c54)cc1. The van der Waals surface area contributed by atoms with Crippen LogP contribution in [0.1, 0.15) is 132 Å². The van der Waals surface area contributed by atoms with E-state index in [1.165, 1.54) is 121 Å². The number of nitrogens with zero attached hydrogens (tertiary/aromatic N) is 2. The maximum atomic E-state index is 2.57. The highest BCUT2D eigenvalue weighted by atomic mass is 15.1. The van der Waals surface area contributed by atoms with Crippen LogP contribution in [0.15, 0.2) is 200 Å². The average molecular weight is 1040 g/mol. The summed E-state index contributed by atoms with van der Waals surface area (Å²) >= 11 is 0. The van der Waals surface area contributed by atoms with E-state index in [4.69, 9.17) is 0 Å². The average Bonchev–Trinajstić information content (AvgIpc) is 3.76. The lowest BCUT2D eigenvalue weighted by Gasteiger charge is -2.31. The van der Waals surface area contributed by atoms with Crippen molar-refractivity contribution in [2.75, 3.05) is 4.90 Å². The maximum absolute atomic E-state index is 2.57. The van der Waals surface area contributed by atoms with Crippen LogP contribution in [0.2, 0.25) is 0 Å². The summed E-state index contributed by atoms with van der Waals surface area (Å²) in [5.74, 6) is 0. The first-order valence-corrected chi connectivity index (χ1v) is 29.0. The number of fused-ring (bicyclic) bond motifs is 3. The maximum Gasteiger partial charge on any atom is 0.0541 e. The van der Waals surface area contributed by atoms with Gasteiger partial charge in [-0.15, -0.1) is 0 Å². The van der Waals surface area contributed by atoms with Gasteiger partial charge in [0.1, 0.15) is 0 Å². The summed E-state index contributed by atoms with van der Waals surface area (Å²) in [6.45, 7) is 34.9. The zero-order valence-corrected chi connectivity index (χ0v) is 49.9. The van der Waals surface area contributed by atoms with Crippen molar-refractivity contribution < 1.29 is 0 Å². The summed E-state index contributed by atoms with van der Waals surface area (Å²) in [7, 11) is 0. The van der Waals surface area contributed by atoms with E-state index in [0.29, 0.717) is 0 Å². The summed E-state index contributed by atoms with van der Waals surface area (Å²) in [6.07, 6.45) is 0. The van der Waals surface area contributed by atoms with Gasteiger partial charge < -0.3 is 9.47 Å². The smallest absolute Gasteiger partial charge is 0.0541 e. The van der Waals surface area contributed by atoms with E-state index in [2.05, 4.69) is 314 Å². The van der Waals surface area contributed by atoms with Crippen LogP contribution < -0.4 is 4.90 Å². The van der Waals surface area contributed by atoms with Gasteiger partial charge in [0.15, 0.2) is 0 Å². The molecule has 0 saturated carbocycles. The third-order valence-corrected chi connectivity index (χ3v) is 17.1. The van der Waals surface area contributed by atoms with Crippen LogP contribution in [0.5, 0.6) is 0 Å². The van der Waals surface area contributed by atoms with Gasteiger partial charge >= 0.3 is 0 Å². The fraction of sp³-hybridized carbons (Fsp3) is 0.256. The summed E-state index contributed by atoms with van der Waals surface area (Å²) in [6, 6.07) is 77.1. The van der Waals surface area contributed by atoms with Gasteiger partial charge in [0.05, 0.1) is 28.1 Å². The number of hydrogen-bond acceptors (Lipinski definition) is 1. The van der Waals surface area contributed by atoms with Crippen molar-refractivity contribution in [3.63, 3.8) is 0 Å². The third kappa shape index (κ3) is 9.35. The Bertz CT molecular complexity index is 4270. The third-order valence-electron chi connectivity index (χ3n) is 17.1. The van der Waals surface area contributed by atoms with Crippen LogP contribution in [0.3, 0.4) is 0 Å². The zero-order chi connectivity index (χ0) is 56.4. The Labute approximate surface area is 476 Å². The van der Waals surface area contributed by atoms with E-state index in [0.717, 1.165) is 17.1 Å². The van der Waals surface area contributed by atoms with Crippen LogP contribution >= 0.6 is 0 Å². The molecule has 0 aliphatic heterocycles. The van der Waals surface area contributed by atoms with Crippen LogP contribution in [-0.2, 0) is 27.1 Å². The second-order valence-electron chi connectivity index (χ2n) is 28.0. The Morgan fingerprint density at radius 3 is 1.32 bits per heavy atom. The van der Waals surface area contributed by atoms with Crippen LogP contribution in [0.25, 0.3) is 93.2 Å². The van der Waals surface area contributed by atoms with Gasteiger partial charge in [-0.2, -0.15) is 0 Å². The molecule has 11 aromatic carbocycles. The molecule has 0 aliphatic rings. The summed E-state index contributed by atoms with van der Waals surface area (Å²) in [5, 5.41) is 10.0. The largest absolute Gasteiger partial charge is 0.309 e. The van der Waals surface area contributed by atoms with E-state index in [1.807, 2.05) is 0 Å². The number of rotatable bonds is 7. The number of aromatic nitrogens is 1. The molecule has 0 spiro atoms. The van der Waals surface area contributed by atoms with Gasteiger partial charge in [-0.25, -0.2) is 0 Å². The van der Waals surface area contributed by atoms with Gasteiger partial charge in [0, 0.05) is 32.8 Å². The van der Waals surface area contributed by atoms with Crippen molar-refractivity contribution in [1.82, 2.24) is 4.57 Å². The van der Waals surface area contributed by atoms with E-state index >= 15 is 0 Å². The van der Waals surface area contributed by atoms with Crippen LogP contribution in [0, 0.1) is 0 Å². The molecular formula is C78H78N2. The molecule has 0 radical (unpaired) electrons. The molecule has 0 bridgehead atoms. The second kappa shape index (κ2) is 18.8. The lowest BCUT2D eigenvalue weighted by atomic mass is 9.78. The Hall–Kier alpha value is -7.94. The molecule has 2 nitrogen and oxygen atoms in total.